The molecule has 110 valence electrons. The fourth-order valence-electron chi connectivity index (χ4n) is 2.99. The van der Waals surface area contributed by atoms with Gasteiger partial charge in [0.2, 0.25) is 5.95 Å². The summed E-state index contributed by atoms with van der Waals surface area (Å²) >= 11 is 0. The zero-order valence-corrected chi connectivity index (χ0v) is 12.3. The molecule has 2 atom stereocenters. The van der Waals surface area contributed by atoms with Crippen LogP contribution in [-0.4, -0.2) is 19.7 Å². The molecule has 1 aromatic carbocycles. The van der Waals surface area contributed by atoms with Gasteiger partial charge in [0, 0.05) is 12.4 Å². The van der Waals surface area contributed by atoms with Crippen molar-refractivity contribution < 1.29 is 0 Å². The average molecular weight is 291 g/mol. The van der Waals surface area contributed by atoms with Crippen LogP contribution in [0.4, 0.5) is 5.95 Å². The molecule has 4 rings (SSSR count). The third-order valence-electron chi connectivity index (χ3n) is 4.18. The topological polar surface area (TPSA) is 55.6 Å². The lowest BCUT2D eigenvalue weighted by molar-refractivity contribution is 0.430. The Morgan fingerprint density at radius 2 is 2.00 bits per heavy atom. The summed E-state index contributed by atoms with van der Waals surface area (Å²) in [5, 5.41) is 7.85. The number of pyridine rings is 1. The van der Waals surface area contributed by atoms with Gasteiger partial charge in [-0.25, -0.2) is 4.68 Å². The highest BCUT2D eigenvalue weighted by molar-refractivity contribution is 5.37. The summed E-state index contributed by atoms with van der Waals surface area (Å²) < 4.78 is 1.97. The van der Waals surface area contributed by atoms with E-state index < -0.39 is 0 Å². The van der Waals surface area contributed by atoms with Crippen molar-refractivity contribution in [3.8, 4) is 0 Å². The molecule has 22 heavy (non-hydrogen) atoms. The lowest BCUT2D eigenvalue weighted by Gasteiger charge is -2.31. The molecule has 0 spiro atoms. The molecule has 5 heteroatoms. The van der Waals surface area contributed by atoms with Gasteiger partial charge in [0.15, 0.2) is 0 Å². The van der Waals surface area contributed by atoms with Gasteiger partial charge in [-0.2, -0.15) is 10.1 Å². The standard InChI is InChI=1S/C17H17N5/c1-12-4-6-13(7-5-12)16-9-15(14-3-2-8-18-10-14)21-17-19-11-20-22(16)17/h2-8,10-11,15-16H,9H2,1H3,(H,19,20,21)/t15-,16-/m1/s1. The van der Waals surface area contributed by atoms with Gasteiger partial charge in [-0.3, -0.25) is 4.98 Å². The summed E-state index contributed by atoms with van der Waals surface area (Å²) in [4.78, 5) is 8.58. The second kappa shape index (κ2) is 5.26. The van der Waals surface area contributed by atoms with Crippen molar-refractivity contribution in [3.63, 3.8) is 0 Å². The van der Waals surface area contributed by atoms with Crippen molar-refractivity contribution >= 4 is 5.95 Å². The number of anilines is 1. The maximum absolute atomic E-state index is 4.39. The molecule has 1 aliphatic rings. The van der Waals surface area contributed by atoms with Gasteiger partial charge >= 0.3 is 0 Å². The highest BCUT2D eigenvalue weighted by Gasteiger charge is 2.29. The van der Waals surface area contributed by atoms with Crippen molar-refractivity contribution in [3.05, 3.63) is 71.8 Å². The molecule has 3 aromatic rings. The van der Waals surface area contributed by atoms with E-state index in [2.05, 4.69) is 57.6 Å². The zero-order chi connectivity index (χ0) is 14.9. The zero-order valence-electron chi connectivity index (χ0n) is 12.3. The number of nitrogens with one attached hydrogen (secondary N) is 1. The number of hydrogen-bond donors (Lipinski definition) is 1. The lowest BCUT2D eigenvalue weighted by Crippen LogP contribution is -2.28. The lowest BCUT2D eigenvalue weighted by atomic mass is 9.94. The molecule has 0 fully saturated rings. The van der Waals surface area contributed by atoms with Gasteiger partial charge in [-0.05, 0) is 30.5 Å². The Balaban J connectivity index is 1.73. The number of aromatic nitrogens is 4. The first-order valence-electron chi connectivity index (χ1n) is 7.44. The SMILES string of the molecule is Cc1ccc([C@H]2C[C@H](c3cccnc3)Nc3ncnn32)cc1. The Kier molecular flexibility index (Phi) is 3.11. The summed E-state index contributed by atoms with van der Waals surface area (Å²) in [5.74, 6) is 0.811. The fourth-order valence-corrected chi connectivity index (χ4v) is 2.99. The number of fused-ring (bicyclic) bond motifs is 1. The third kappa shape index (κ3) is 2.24. The summed E-state index contributed by atoms with van der Waals surface area (Å²) in [6.07, 6.45) is 6.24. The minimum Gasteiger partial charge on any atom is -0.347 e. The molecule has 1 N–H and O–H groups in total. The van der Waals surface area contributed by atoms with Crippen LogP contribution in [0.25, 0.3) is 0 Å². The minimum atomic E-state index is 0.185. The van der Waals surface area contributed by atoms with Crippen LogP contribution >= 0.6 is 0 Å². The first kappa shape index (κ1) is 13.0. The molecule has 0 amide bonds. The molecular weight excluding hydrogens is 274 g/mol. The fraction of sp³-hybridized carbons (Fsp3) is 0.235. The molecule has 0 unspecified atom stereocenters. The monoisotopic (exact) mass is 291 g/mol. The predicted molar refractivity (Wildman–Crippen MR) is 84.6 cm³/mol. The maximum Gasteiger partial charge on any atom is 0.222 e. The van der Waals surface area contributed by atoms with Gasteiger partial charge in [-0.1, -0.05) is 35.9 Å². The molecule has 0 saturated carbocycles. The Labute approximate surface area is 129 Å². The van der Waals surface area contributed by atoms with Gasteiger partial charge in [0.05, 0.1) is 12.1 Å². The van der Waals surface area contributed by atoms with Gasteiger partial charge < -0.3 is 5.32 Å². The Bertz CT molecular complexity index is 763. The van der Waals surface area contributed by atoms with E-state index in [0.717, 1.165) is 12.4 Å². The van der Waals surface area contributed by atoms with Crippen LogP contribution < -0.4 is 5.32 Å². The summed E-state index contributed by atoms with van der Waals surface area (Å²) in [7, 11) is 0. The quantitative estimate of drug-likeness (QED) is 0.788. The second-order valence-corrected chi connectivity index (χ2v) is 5.67. The van der Waals surface area contributed by atoms with Crippen LogP contribution in [0.2, 0.25) is 0 Å². The number of rotatable bonds is 2. The van der Waals surface area contributed by atoms with Crippen LogP contribution in [0.5, 0.6) is 0 Å². The van der Waals surface area contributed by atoms with Crippen LogP contribution in [0.3, 0.4) is 0 Å². The van der Waals surface area contributed by atoms with Gasteiger partial charge in [-0.15, -0.1) is 0 Å². The van der Waals surface area contributed by atoms with Gasteiger partial charge in [0.25, 0.3) is 0 Å². The molecule has 5 nitrogen and oxygen atoms in total. The van der Waals surface area contributed by atoms with E-state index in [1.807, 2.05) is 16.9 Å². The van der Waals surface area contributed by atoms with E-state index in [1.165, 1.54) is 16.7 Å². The smallest absolute Gasteiger partial charge is 0.222 e. The predicted octanol–water partition coefficient (Wildman–Crippen LogP) is 3.13. The molecular formula is C17H17N5. The van der Waals surface area contributed by atoms with Gasteiger partial charge in [0.1, 0.15) is 6.33 Å². The van der Waals surface area contributed by atoms with E-state index in [4.69, 9.17) is 0 Å². The van der Waals surface area contributed by atoms with E-state index in [9.17, 15) is 0 Å². The first-order chi connectivity index (χ1) is 10.8. The molecule has 0 saturated heterocycles. The Hall–Kier alpha value is -2.69. The van der Waals surface area contributed by atoms with Crippen LogP contribution in [0.15, 0.2) is 55.1 Å². The van der Waals surface area contributed by atoms with E-state index in [-0.39, 0.29) is 12.1 Å². The second-order valence-electron chi connectivity index (χ2n) is 5.67. The Morgan fingerprint density at radius 3 is 2.77 bits per heavy atom. The summed E-state index contributed by atoms with van der Waals surface area (Å²) in [6.45, 7) is 2.10. The van der Waals surface area contributed by atoms with Crippen molar-refractivity contribution in [2.24, 2.45) is 0 Å². The summed E-state index contributed by atoms with van der Waals surface area (Å²) in [6, 6.07) is 13.1. The van der Waals surface area contributed by atoms with Crippen LogP contribution in [0, 0.1) is 6.92 Å². The third-order valence-corrected chi connectivity index (χ3v) is 4.18. The molecule has 2 aromatic heterocycles. The number of nitrogens with zero attached hydrogens (tertiary/aromatic N) is 4. The first-order valence-corrected chi connectivity index (χ1v) is 7.44. The average Bonchev–Trinajstić information content (AvgIpc) is 3.04. The van der Waals surface area contributed by atoms with E-state index >= 15 is 0 Å². The molecule has 1 aliphatic heterocycles. The molecule has 0 bridgehead atoms. The van der Waals surface area contributed by atoms with Crippen molar-refractivity contribution in [2.75, 3.05) is 5.32 Å². The van der Waals surface area contributed by atoms with E-state index in [1.54, 1.807) is 12.5 Å². The normalized spacial score (nSPS) is 20.2. The number of aryl methyl sites for hydroxylation is 1. The van der Waals surface area contributed by atoms with Crippen LogP contribution in [-0.2, 0) is 0 Å². The van der Waals surface area contributed by atoms with E-state index in [0.29, 0.717) is 0 Å². The summed E-state index contributed by atoms with van der Waals surface area (Å²) in [5.41, 5.74) is 3.70. The molecule has 0 radical (unpaired) electrons. The number of benzene rings is 1. The maximum atomic E-state index is 4.39. The van der Waals surface area contributed by atoms with Crippen molar-refractivity contribution in [1.82, 2.24) is 19.7 Å². The minimum absolute atomic E-state index is 0.185. The van der Waals surface area contributed by atoms with Crippen LogP contribution in [0.1, 0.15) is 35.2 Å². The number of hydrogen-bond acceptors (Lipinski definition) is 4. The van der Waals surface area contributed by atoms with Crippen molar-refractivity contribution in [1.29, 1.82) is 0 Å². The van der Waals surface area contributed by atoms with Crippen molar-refractivity contribution in [2.45, 2.75) is 25.4 Å². The molecule has 3 heterocycles. The molecule has 0 aliphatic carbocycles. The largest absolute Gasteiger partial charge is 0.347 e. The highest BCUT2D eigenvalue weighted by atomic mass is 15.4. The Morgan fingerprint density at radius 1 is 1.14 bits per heavy atom. The highest BCUT2D eigenvalue weighted by Crippen LogP contribution is 2.36.